The van der Waals surface area contributed by atoms with Crippen LogP contribution >= 0.6 is 0 Å². The molecule has 7 heteroatoms. The van der Waals surface area contributed by atoms with Gasteiger partial charge in [-0.3, -0.25) is 9.59 Å². The van der Waals surface area contributed by atoms with Crippen LogP contribution in [0.4, 0.5) is 0 Å². The first kappa shape index (κ1) is 17.4. The number of hydrogen-bond donors (Lipinski definition) is 1. The van der Waals surface area contributed by atoms with Crippen molar-refractivity contribution in [3.05, 3.63) is 94.7 Å². The molecule has 2 aromatic carbocycles. The summed E-state index contributed by atoms with van der Waals surface area (Å²) in [6, 6.07) is 18.7. The van der Waals surface area contributed by atoms with Crippen molar-refractivity contribution >= 4 is 22.5 Å². The lowest BCUT2D eigenvalue weighted by molar-refractivity contribution is 0.0468. The Morgan fingerprint density at radius 2 is 1.64 bits per heavy atom. The molecule has 0 spiro atoms. The fourth-order valence-corrected chi connectivity index (χ4v) is 2.87. The number of carbonyl (C=O) groups excluding carboxylic acids is 2. The molecule has 0 unspecified atom stereocenters. The van der Waals surface area contributed by atoms with Gasteiger partial charge in [-0.05, 0) is 30.3 Å². The van der Waals surface area contributed by atoms with Crippen molar-refractivity contribution in [2.75, 3.05) is 6.61 Å². The molecule has 2 aromatic heterocycles. The Morgan fingerprint density at radius 3 is 2.36 bits per heavy atom. The predicted octanol–water partition coefficient (Wildman–Crippen LogP) is 2.75. The summed E-state index contributed by atoms with van der Waals surface area (Å²) in [5.41, 5.74) is 0.494. The molecule has 0 radical (unpaired) electrons. The number of Topliss-reactive ketones (excluding diaryl/α,β-unsaturated/α-hetero) is 1. The number of rotatable bonds is 5. The van der Waals surface area contributed by atoms with Gasteiger partial charge in [-0.25, -0.2) is 4.79 Å². The summed E-state index contributed by atoms with van der Waals surface area (Å²) < 4.78 is 6.32. The van der Waals surface area contributed by atoms with Gasteiger partial charge >= 0.3 is 5.97 Å². The van der Waals surface area contributed by atoms with Crippen molar-refractivity contribution in [3.63, 3.8) is 0 Å². The van der Waals surface area contributed by atoms with Gasteiger partial charge in [0.1, 0.15) is 0 Å². The van der Waals surface area contributed by atoms with Crippen molar-refractivity contribution in [2.24, 2.45) is 0 Å². The van der Waals surface area contributed by atoms with E-state index in [1.165, 1.54) is 0 Å². The maximum Gasteiger partial charge on any atom is 0.359 e. The van der Waals surface area contributed by atoms with Crippen LogP contribution in [0.3, 0.4) is 0 Å². The van der Waals surface area contributed by atoms with Crippen LogP contribution in [0.2, 0.25) is 0 Å². The van der Waals surface area contributed by atoms with Gasteiger partial charge in [0.15, 0.2) is 12.3 Å². The summed E-state index contributed by atoms with van der Waals surface area (Å²) in [6.45, 7) is -0.431. The Hall–Kier alpha value is -4.00. The Kier molecular flexibility index (Phi) is 4.55. The lowest BCUT2D eigenvalue weighted by Gasteiger charge is -2.10. The maximum atomic E-state index is 12.8. The minimum Gasteiger partial charge on any atom is -0.452 e. The summed E-state index contributed by atoms with van der Waals surface area (Å²) in [4.78, 5) is 40.3. The monoisotopic (exact) mass is 373 g/mol. The van der Waals surface area contributed by atoms with Crippen LogP contribution in [0, 0.1) is 0 Å². The minimum absolute atomic E-state index is 0.0293. The van der Waals surface area contributed by atoms with Gasteiger partial charge in [-0.2, -0.15) is 9.78 Å². The molecule has 0 fully saturated rings. The van der Waals surface area contributed by atoms with E-state index >= 15 is 0 Å². The number of aromatic amines is 1. The van der Waals surface area contributed by atoms with Crippen LogP contribution in [0.25, 0.3) is 16.5 Å². The van der Waals surface area contributed by atoms with E-state index in [0.717, 1.165) is 4.68 Å². The number of aromatic nitrogens is 3. The van der Waals surface area contributed by atoms with Gasteiger partial charge < -0.3 is 9.72 Å². The molecule has 0 bridgehead atoms. The Morgan fingerprint density at radius 1 is 0.929 bits per heavy atom. The van der Waals surface area contributed by atoms with Crippen molar-refractivity contribution in [3.8, 4) is 5.69 Å². The molecule has 0 saturated heterocycles. The Bertz CT molecular complexity index is 1210. The van der Waals surface area contributed by atoms with E-state index in [9.17, 15) is 14.4 Å². The molecule has 4 rings (SSSR count). The van der Waals surface area contributed by atoms with E-state index in [4.69, 9.17) is 4.74 Å². The average molecular weight is 373 g/mol. The van der Waals surface area contributed by atoms with Crippen molar-refractivity contribution in [1.29, 1.82) is 0 Å². The summed E-state index contributed by atoms with van der Waals surface area (Å²) in [5.74, 6) is -1.14. The Labute approximate surface area is 159 Å². The van der Waals surface area contributed by atoms with E-state index in [-0.39, 0.29) is 17.0 Å². The molecule has 0 aliphatic rings. The number of ketones is 1. The van der Waals surface area contributed by atoms with Gasteiger partial charge in [0, 0.05) is 11.6 Å². The summed E-state index contributed by atoms with van der Waals surface area (Å²) in [5, 5.41) is 4.93. The normalized spacial score (nSPS) is 10.7. The second kappa shape index (κ2) is 7.32. The zero-order valence-corrected chi connectivity index (χ0v) is 14.7. The number of nitrogens with one attached hydrogen (secondary N) is 1. The van der Waals surface area contributed by atoms with Crippen LogP contribution in [-0.2, 0) is 4.74 Å². The van der Waals surface area contributed by atoms with Gasteiger partial charge in [-0.15, -0.1) is 0 Å². The number of ether oxygens (including phenoxy) is 1. The number of nitrogens with zero attached hydrogens (tertiary/aromatic N) is 2. The third-order valence-corrected chi connectivity index (χ3v) is 4.23. The second-order valence-corrected chi connectivity index (χ2v) is 6.03. The number of fused-ring (bicyclic) bond motifs is 1. The fourth-order valence-electron chi connectivity index (χ4n) is 2.87. The average Bonchev–Trinajstić information content (AvgIpc) is 3.28. The van der Waals surface area contributed by atoms with Crippen LogP contribution in [-0.4, -0.2) is 33.1 Å². The summed E-state index contributed by atoms with van der Waals surface area (Å²) in [7, 11) is 0. The third-order valence-electron chi connectivity index (χ3n) is 4.23. The van der Waals surface area contributed by atoms with Gasteiger partial charge in [0.25, 0.3) is 5.56 Å². The molecule has 138 valence electrons. The number of carbonyl (C=O) groups is 2. The molecule has 0 atom stereocenters. The molecule has 0 saturated carbocycles. The smallest absolute Gasteiger partial charge is 0.359 e. The molecule has 7 nitrogen and oxygen atoms in total. The number of benzene rings is 2. The molecule has 28 heavy (non-hydrogen) atoms. The maximum absolute atomic E-state index is 12.8. The Balaban J connectivity index is 1.73. The highest BCUT2D eigenvalue weighted by molar-refractivity contribution is 6.03. The molecule has 0 amide bonds. The molecule has 0 aliphatic heterocycles. The SMILES string of the molecule is O=C(COC(=O)c1nn(-c2ccccc2)c(=O)c2ccccc12)c1ccc[nH]1. The minimum atomic E-state index is -0.777. The summed E-state index contributed by atoms with van der Waals surface area (Å²) >= 11 is 0. The second-order valence-electron chi connectivity index (χ2n) is 6.03. The van der Waals surface area contributed by atoms with Crippen molar-refractivity contribution in [1.82, 2.24) is 14.8 Å². The van der Waals surface area contributed by atoms with Crippen LogP contribution in [0.5, 0.6) is 0 Å². The highest BCUT2D eigenvalue weighted by Crippen LogP contribution is 2.16. The molecule has 1 N–H and O–H groups in total. The topological polar surface area (TPSA) is 94.1 Å². The third kappa shape index (κ3) is 3.21. The number of para-hydroxylation sites is 1. The summed E-state index contributed by atoms with van der Waals surface area (Å²) in [6.07, 6.45) is 1.61. The first-order valence-corrected chi connectivity index (χ1v) is 8.56. The van der Waals surface area contributed by atoms with Crippen molar-refractivity contribution in [2.45, 2.75) is 0 Å². The van der Waals surface area contributed by atoms with E-state index < -0.39 is 12.6 Å². The van der Waals surface area contributed by atoms with Crippen LogP contribution in [0.15, 0.2) is 77.7 Å². The van der Waals surface area contributed by atoms with Crippen molar-refractivity contribution < 1.29 is 14.3 Å². The van der Waals surface area contributed by atoms with E-state index in [1.54, 1.807) is 66.9 Å². The number of H-pyrrole nitrogens is 1. The van der Waals surface area contributed by atoms with Gasteiger partial charge in [0.2, 0.25) is 5.78 Å². The van der Waals surface area contributed by atoms with Crippen LogP contribution < -0.4 is 5.56 Å². The zero-order chi connectivity index (χ0) is 19.5. The fraction of sp³-hybridized carbons (Fsp3) is 0.0476. The lowest BCUT2D eigenvalue weighted by Crippen LogP contribution is -2.25. The molecular formula is C21H15N3O4. The first-order chi connectivity index (χ1) is 13.6. The number of hydrogen-bond acceptors (Lipinski definition) is 5. The van der Waals surface area contributed by atoms with Crippen LogP contribution in [0.1, 0.15) is 21.0 Å². The quantitative estimate of drug-likeness (QED) is 0.429. The van der Waals surface area contributed by atoms with E-state index in [2.05, 4.69) is 10.1 Å². The van der Waals surface area contributed by atoms with E-state index in [1.807, 2.05) is 6.07 Å². The molecule has 4 aromatic rings. The molecular weight excluding hydrogens is 358 g/mol. The molecule has 2 heterocycles. The number of esters is 1. The van der Waals surface area contributed by atoms with Gasteiger partial charge in [-0.1, -0.05) is 36.4 Å². The molecule has 0 aliphatic carbocycles. The highest BCUT2D eigenvalue weighted by atomic mass is 16.5. The van der Waals surface area contributed by atoms with E-state index in [0.29, 0.717) is 22.2 Å². The van der Waals surface area contributed by atoms with Gasteiger partial charge in [0.05, 0.1) is 16.8 Å². The zero-order valence-electron chi connectivity index (χ0n) is 14.7. The highest BCUT2D eigenvalue weighted by Gasteiger charge is 2.20. The predicted molar refractivity (Wildman–Crippen MR) is 103 cm³/mol. The lowest BCUT2D eigenvalue weighted by atomic mass is 10.1. The standard InChI is InChI=1S/C21H15N3O4/c25-18(17-11-6-12-22-17)13-28-21(27)19-15-9-4-5-10-16(15)20(26)24(23-19)14-7-2-1-3-8-14/h1-12,22H,13H2. The first-order valence-electron chi connectivity index (χ1n) is 8.56. The largest absolute Gasteiger partial charge is 0.452 e.